The van der Waals surface area contributed by atoms with E-state index in [0.717, 1.165) is 16.4 Å². The fourth-order valence-electron chi connectivity index (χ4n) is 2.30. The van der Waals surface area contributed by atoms with Crippen molar-refractivity contribution in [1.29, 1.82) is 0 Å². The number of nitrogens with two attached hydrogens (primary N) is 1. The van der Waals surface area contributed by atoms with Crippen LogP contribution in [0.1, 0.15) is 17.2 Å². The second-order valence-corrected chi connectivity index (χ2v) is 7.70. The first kappa shape index (κ1) is 19.0. The van der Waals surface area contributed by atoms with Crippen molar-refractivity contribution in [3.05, 3.63) is 69.5 Å². The minimum atomic E-state index is -3.85. The molecule has 0 aromatic heterocycles. The van der Waals surface area contributed by atoms with Crippen LogP contribution in [0.25, 0.3) is 0 Å². The molecule has 0 unspecified atom stereocenters. The number of hydrogen-bond donors (Lipinski definition) is 1. The Labute approximate surface area is 145 Å². The number of nitro benzene ring substituents is 1. The van der Waals surface area contributed by atoms with E-state index in [1.807, 2.05) is 0 Å². The summed E-state index contributed by atoms with van der Waals surface area (Å²) in [6, 6.07) is 8.35. The minimum Gasteiger partial charge on any atom is -0.323 e. The number of benzene rings is 2. The quantitative estimate of drug-likeness (QED) is 0.623. The highest BCUT2D eigenvalue weighted by molar-refractivity contribution is 7.89. The molecular formula is C16H18FN3O4S. The summed E-state index contributed by atoms with van der Waals surface area (Å²) >= 11 is 0. The smallest absolute Gasteiger partial charge is 0.269 e. The number of non-ortho nitro benzene ring substituents is 1. The molecule has 0 saturated heterocycles. The number of nitrogens with zero attached hydrogens (tertiary/aromatic N) is 2. The maximum Gasteiger partial charge on any atom is 0.269 e. The van der Waals surface area contributed by atoms with Gasteiger partial charge < -0.3 is 5.73 Å². The second-order valence-electron chi connectivity index (χ2n) is 5.65. The van der Waals surface area contributed by atoms with E-state index in [1.165, 1.54) is 31.3 Å². The maximum atomic E-state index is 13.3. The molecule has 25 heavy (non-hydrogen) atoms. The van der Waals surface area contributed by atoms with Crippen molar-refractivity contribution >= 4 is 15.7 Å². The van der Waals surface area contributed by atoms with Crippen molar-refractivity contribution in [2.45, 2.75) is 17.9 Å². The highest BCUT2D eigenvalue weighted by atomic mass is 32.2. The molecule has 0 aliphatic heterocycles. The van der Waals surface area contributed by atoms with Crippen LogP contribution in [0.2, 0.25) is 0 Å². The van der Waals surface area contributed by atoms with Gasteiger partial charge in [-0.2, -0.15) is 4.31 Å². The van der Waals surface area contributed by atoms with Crippen molar-refractivity contribution in [2.75, 3.05) is 13.6 Å². The molecule has 0 amide bonds. The van der Waals surface area contributed by atoms with Crippen LogP contribution in [0.15, 0.2) is 47.4 Å². The van der Waals surface area contributed by atoms with Crippen molar-refractivity contribution in [3.63, 3.8) is 0 Å². The summed E-state index contributed by atoms with van der Waals surface area (Å²) in [7, 11) is -2.48. The molecule has 0 radical (unpaired) electrons. The Morgan fingerprint density at radius 1 is 1.24 bits per heavy atom. The van der Waals surface area contributed by atoms with Crippen molar-refractivity contribution in [2.24, 2.45) is 5.73 Å². The largest absolute Gasteiger partial charge is 0.323 e. The summed E-state index contributed by atoms with van der Waals surface area (Å²) in [5.41, 5.74) is 6.88. The molecule has 0 bridgehead atoms. The van der Waals surface area contributed by atoms with E-state index in [0.29, 0.717) is 11.1 Å². The first-order chi connectivity index (χ1) is 11.6. The predicted molar refractivity (Wildman–Crippen MR) is 91.0 cm³/mol. The fourth-order valence-corrected chi connectivity index (χ4v) is 3.50. The third-order valence-corrected chi connectivity index (χ3v) is 5.66. The molecule has 0 heterocycles. The molecule has 0 aliphatic rings. The van der Waals surface area contributed by atoms with Crippen LogP contribution in [0.4, 0.5) is 10.1 Å². The summed E-state index contributed by atoms with van der Waals surface area (Å²) in [5, 5.41) is 10.7. The molecule has 2 aromatic rings. The maximum absolute atomic E-state index is 13.3. The van der Waals surface area contributed by atoms with Crippen LogP contribution in [-0.2, 0) is 10.0 Å². The van der Waals surface area contributed by atoms with E-state index in [2.05, 4.69) is 0 Å². The third kappa shape index (κ3) is 4.19. The Morgan fingerprint density at radius 3 is 2.36 bits per heavy atom. The molecule has 2 rings (SSSR count). The monoisotopic (exact) mass is 367 g/mol. The SMILES string of the molecule is Cc1cc([C@@H](N)CN(C)S(=O)(=O)c2ccc([N+](=O)[O-])cc2)ccc1F. The Bertz CT molecular complexity index is 885. The van der Waals surface area contributed by atoms with Crippen LogP contribution < -0.4 is 5.73 Å². The zero-order valence-electron chi connectivity index (χ0n) is 13.7. The van der Waals surface area contributed by atoms with Crippen molar-refractivity contribution < 1.29 is 17.7 Å². The standard InChI is InChI=1S/C16H18FN3O4S/c1-11-9-12(3-8-15(11)17)16(18)10-19(2)25(23,24)14-6-4-13(5-7-14)20(21)22/h3-9,16H,10,18H2,1-2H3/t16-/m0/s1. The molecule has 0 saturated carbocycles. The number of rotatable bonds is 6. The van der Waals surface area contributed by atoms with Crippen molar-refractivity contribution in [1.82, 2.24) is 4.31 Å². The van der Waals surface area contributed by atoms with E-state index < -0.39 is 21.0 Å². The summed E-state index contributed by atoms with van der Waals surface area (Å²) in [5.74, 6) is -0.359. The van der Waals surface area contributed by atoms with Gasteiger partial charge >= 0.3 is 0 Å². The van der Waals surface area contributed by atoms with Gasteiger partial charge in [0.05, 0.1) is 9.82 Å². The average Bonchev–Trinajstić information content (AvgIpc) is 2.57. The number of hydrogen-bond acceptors (Lipinski definition) is 5. The van der Waals surface area contributed by atoms with Gasteiger partial charge in [-0.15, -0.1) is 0 Å². The number of nitro groups is 1. The van der Waals surface area contributed by atoms with E-state index in [9.17, 15) is 22.9 Å². The normalized spacial score (nSPS) is 13.0. The van der Waals surface area contributed by atoms with Gasteiger partial charge in [-0.25, -0.2) is 12.8 Å². The van der Waals surface area contributed by atoms with E-state index in [1.54, 1.807) is 13.0 Å². The first-order valence-corrected chi connectivity index (χ1v) is 8.79. The Morgan fingerprint density at radius 2 is 1.84 bits per heavy atom. The summed E-state index contributed by atoms with van der Waals surface area (Å²) < 4.78 is 39.5. The zero-order valence-corrected chi connectivity index (χ0v) is 14.5. The van der Waals surface area contributed by atoms with E-state index in [-0.39, 0.29) is 22.9 Å². The molecule has 1 atom stereocenters. The van der Waals surface area contributed by atoms with Gasteiger partial charge in [0.2, 0.25) is 10.0 Å². The Kier molecular flexibility index (Phi) is 5.51. The highest BCUT2D eigenvalue weighted by Crippen LogP contribution is 2.21. The van der Waals surface area contributed by atoms with Crippen LogP contribution >= 0.6 is 0 Å². The molecule has 0 spiro atoms. The molecule has 0 fully saturated rings. The van der Waals surface area contributed by atoms with Crippen LogP contribution in [-0.4, -0.2) is 31.2 Å². The van der Waals surface area contributed by atoms with Crippen LogP contribution in [0.5, 0.6) is 0 Å². The summed E-state index contributed by atoms with van der Waals surface area (Å²) in [6.07, 6.45) is 0. The lowest BCUT2D eigenvalue weighted by Gasteiger charge is -2.22. The predicted octanol–water partition coefficient (Wildman–Crippen LogP) is 2.36. The summed E-state index contributed by atoms with van der Waals surface area (Å²) in [4.78, 5) is 9.98. The zero-order chi connectivity index (χ0) is 18.8. The van der Waals surface area contributed by atoms with Gasteiger partial charge in [-0.05, 0) is 36.2 Å². The lowest BCUT2D eigenvalue weighted by molar-refractivity contribution is -0.384. The molecule has 134 valence electrons. The van der Waals surface area contributed by atoms with Crippen LogP contribution in [0.3, 0.4) is 0 Å². The second kappa shape index (κ2) is 7.26. The lowest BCUT2D eigenvalue weighted by atomic mass is 10.0. The molecule has 7 nitrogen and oxygen atoms in total. The van der Waals surface area contributed by atoms with Crippen LogP contribution in [0, 0.1) is 22.9 Å². The molecule has 9 heteroatoms. The van der Waals surface area contributed by atoms with Gasteiger partial charge in [-0.3, -0.25) is 10.1 Å². The highest BCUT2D eigenvalue weighted by Gasteiger charge is 2.24. The Balaban J connectivity index is 2.18. The third-order valence-electron chi connectivity index (χ3n) is 3.82. The lowest BCUT2D eigenvalue weighted by Crippen LogP contribution is -2.34. The van der Waals surface area contributed by atoms with Gasteiger partial charge in [0.1, 0.15) is 5.82 Å². The number of likely N-dealkylation sites (N-methyl/N-ethyl adjacent to an activating group) is 1. The van der Waals surface area contributed by atoms with E-state index in [4.69, 9.17) is 5.73 Å². The van der Waals surface area contributed by atoms with E-state index >= 15 is 0 Å². The number of sulfonamides is 1. The fraction of sp³-hybridized carbons (Fsp3) is 0.250. The van der Waals surface area contributed by atoms with Gasteiger partial charge in [0.15, 0.2) is 0 Å². The molecule has 2 aromatic carbocycles. The first-order valence-electron chi connectivity index (χ1n) is 7.35. The van der Waals surface area contributed by atoms with Gasteiger partial charge in [0, 0.05) is 31.8 Å². The minimum absolute atomic E-state index is 0.0234. The number of aryl methyl sites for hydroxylation is 1. The van der Waals surface area contributed by atoms with Gasteiger partial charge in [0.25, 0.3) is 5.69 Å². The molecule has 2 N–H and O–H groups in total. The topological polar surface area (TPSA) is 107 Å². The number of halogens is 1. The summed E-state index contributed by atoms with van der Waals surface area (Å²) in [6.45, 7) is 1.58. The van der Waals surface area contributed by atoms with Gasteiger partial charge in [-0.1, -0.05) is 12.1 Å². The average molecular weight is 367 g/mol. The molecular weight excluding hydrogens is 349 g/mol. The van der Waals surface area contributed by atoms with Crippen molar-refractivity contribution in [3.8, 4) is 0 Å². The molecule has 0 aliphatic carbocycles. The Hall–Kier alpha value is -2.36.